The van der Waals surface area contributed by atoms with Gasteiger partial charge in [-0.1, -0.05) is 0 Å². The smallest absolute Gasteiger partial charge is 0.136 e. The van der Waals surface area contributed by atoms with Crippen molar-refractivity contribution in [2.75, 3.05) is 18.9 Å². The molecule has 64 valence electrons. The highest BCUT2D eigenvalue weighted by molar-refractivity contribution is 5.26. The fraction of sp³-hybridized carbons (Fsp3) is 0.500. The van der Waals surface area contributed by atoms with Crippen LogP contribution in [0.1, 0.15) is 18.2 Å². The van der Waals surface area contributed by atoms with Crippen molar-refractivity contribution in [2.24, 2.45) is 0 Å². The van der Waals surface area contributed by atoms with Gasteiger partial charge in [0, 0.05) is 18.7 Å². The molecule has 0 saturated carbocycles. The van der Waals surface area contributed by atoms with E-state index in [9.17, 15) is 0 Å². The number of nitrogens with two attached hydrogens (primary N) is 1. The van der Waals surface area contributed by atoms with Crippen LogP contribution in [0.25, 0.3) is 0 Å². The van der Waals surface area contributed by atoms with E-state index in [4.69, 9.17) is 10.5 Å². The summed E-state index contributed by atoms with van der Waals surface area (Å²) in [6.07, 6.45) is 2.69. The molecule has 0 amide bonds. The molecular formula is C8H11N3O. The fourth-order valence-corrected chi connectivity index (χ4v) is 1.32. The maximum atomic E-state index is 5.53. The minimum absolute atomic E-state index is 0.341. The molecule has 12 heavy (non-hydrogen) atoms. The van der Waals surface area contributed by atoms with E-state index < -0.39 is 0 Å². The minimum atomic E-state index is 0.341. The van der Waals surface area contributed by atoms with E-state index in [1.54, 1.807) is 12.3 Å². The highest BCUT2D eigenvalue weighted by atomic mass is 16.5. The maximum absolute atomic E-state index is 5.53. The van der Waals surface area contributed by atoms with E-state index in [2.05, 4.69) is 9.97 Å². The summed E-state index contributed by atoms with van der Waals surface area (Å²) in [6, 6.07) is 1.69. The number of hydrogen-bond donors (Lipinski definition) is 1. The highest BCUT2D eigenvalue weighted by Gasteiger charge is 2.20. The molecule has 4 heteroatoms. The Morgan fingerprint density at radius 1 is 1.58 bits per heavy atom. The largest absolute Gasteiger partial charge is 0.384 e. The Labute approximate surface area is 70.8 Å². The summed E-state index contributed by atoms with van der Waals surface area (Å²) >= 11 is 0. The van der Waals surface area contributed by atoms with Gasteiger partial charge in [0.2, 0.25) is 0 Å². The number of nitrogens with zero attached hydrogens (tertiary/aromatic N) is 2. The molecule has 1 aromatic heterocycles. The predicted octanol–water partition coefficient (Wildman–Crippen LogP) is 0.563. The highest BCUT2D eigenvalue weighted by Crippen LogP contribution is 2.21. The average Bonchev–Trinajstić information content (AvgIpc) is 2.56. The van der Waals surface area contributed by atoms with Crippen LogP contribution in [0.5, 0.6) is 0 Å². The van der Waals surface area contributed by atoms with Crippen LogP contribution >= 0.6 is 0 Å². The number of nitrogen functional groups attached to an aromatic ring is 1. The lowest BCUT2D eigenvalue weighted by molar-refractivity contribution is 0.193. The number of rotatable bonds is 1. The van der Waals surface area contributed by atoms with Crippen molar-refractivity contribution in [1.82, 2.24) is 9.97 Å². The monoisotopic (exact) mass is 165 g/mol. The molecule has 1 fully saturated rings. The van der Waals surface area contributed by atoms with E-state index >= 15 is 0 Å². The van der Waals surface area contributed by atoms with Gasteiger partial charge in [-0.15, -0.1) is 0 Å². The molecule has 1 aromatic rings. The zero-order chi connectivity index (χ0) is 8.39. The van der Waals surface area contributed by atoms with Crippen molar-refractivity contribution in [3.05, 3.63) is 18.1 Å². The number of aromatic nitrogens is 2. The van der Waals surface area contributed by atoms with Gasteiger partial charge in [0.25, 0.3) is 0 Å². The van der Waals surface area contributed by atoms with Gasteiger partial charge in [-0.3, -0.25) is 0 Å². The summed E-state index contributed by atoms with van der Waals surface area (Å²) in [4.78, 5) is 8.29. The second-order valence-electron chi connectivity index (χ2n) is 2.90. The molecule has 1 saturated heterocycles. The third-order valence-corrected chi connectivity index (χ3v) is 1.99. The lowest BCUT2D eigenvalue weighted by Gasteiger charge is -2.04. The standard InChI is InChI=1S/C8H11N3O/c9-7-1-3-10-8(11-7)6-2-4-12-5-6/h1,3,6H,2,4-5H2,(H2,9,10,11). The molecule has 0 bridgehead atoms. The van der Waals surface area contributed by atoms with Crippen molar-refractivity contribution in [3.8, 4) is 0 Å². The van der Waals surface area contributed by atoms with Crippen molar-refractivity contribution >= 4 is 5.82 Å². The van der Waals surface area contributed by atoms with Crippen LogP contribution in [0.2, 0.25) is 0 Å². The Kier molecular flexibility index (Phi) is 1.91. The van der Waals surface area contributed by atoms with Gasteiger partial charge in [-0.05, 0) is 12.5 Å². The molecule has 2 N–H and O–H groups in total. The third kappa shape index (κ3) is 1.38. The van der Waals surface area contributed by atoms with Crippen molar-refractivity contribution in [2.45, 2.75) is 12.3 Å². The summed E-state index contributed by atoms with van der Waals surface area (Å²) in [7, 11) is 0. The molecule has 4 nitrogen and oxygen atoms in total. The zero-order valence-electron chi connectivity index (χ0n) is 6.73. The van der Waals surface area contributed by atoms with Crippen LogP contribution in [0.4, 0.5) is 5.82 Å². The summed E-state index contributed by atoms with van der Waals surface area (Å²) in [5.74, 6) is 1.69. The second-order valence-corrected chi connectivity index (χ2v) is 2.90. The third-order valence-electron chi connectivity index (χ3n) is 1.99. The molecule has 0 radical (unpaired) electrons. The first kappa shape index (κ1) is 7.49. The average molecular weight is 165 g/mol. The number of ether oxygens (including phenoxy) is 1. The zero-order valence-corrected chi connectivity index (χ0v) is 6.73. The van der Waals surface area contributed by atoms with Gasteiger partial charge in [0.05, 0.1) is 6.61 Å². The van der Waals surface area contributed by atoms with Crippen molar-refractivity contribution in [3.63, 3.8) is 0 Å². The van der Waals surface area contributed by atoms with Gasteiger partial charge >= 0.3 is 0 Å². The van der Waals surface area contributed by atoms with Crippen molar-refractivity contribution < 1.29 is 4.74 Å². The molecule has 1 aliphatic heterocycles. The van der Waals surface area contributed by atoms with Crippen LogP contribution in [0, 0.1) is 0 Å². The predicted molar refractivity (Wildman–Crippen MR) is 44.6 cm³/mol. The minimum Gasteiger partial charge on any atom is -0.384 e. The molecule has 0 aliphatic carbocycles. The molecule has 2 heterocycles. The van der Waals surface area contributed by atoms with Crippen LogP contribution < -0.4 is 5.73 Å². The van der Waals surface area contributed by atoms with E-state index in [0.29, 0.717) is 11.7 Å². The first-order valence-corrected chi connectivity index (χ1v) is 4.02. The Bertz CT molecular complexity index is 271. The SMILES string of the molecule is Nc1ccnc(C2CCOC2)n1. The van der Waals surface area contributed by atoms with Gasteiger partial charge < -0.3 is 10.5 Å². The fourth-order valence-electron chi connectivity index (χ4n) is 1.32. The van der Waals surface area contributed by atoms with E-state index in [1.807, 2.05) is 0 Å². The first-order valence-electron chi connectivity index (χ1n) is 4.02. The lowest BCUT2D eigenvalue weighted by atomic mass is 10.1. The van der Waals surface area contributed by atoms with E-state index in [0.717, 1.165) is 25.5 Å². The van der Waals surface area contributed by atoms with Gasteiger partial charge in [0.15, 0.2) is 0 Å². The summed E-state index contributed by atoms with van der Waals surface area (Å²) in [5.41, 5.74) is 5.53. The quantitative estimate of drug-likeness (QED) is 0.660. The van der Waals surface area contributed by atoms with Gasteiger partial charge in [0.1, 0.15) is 11.6 Å². The van der Waals surface area contributed by atoms with Crippen molar-refractivity contribution in [1.29, 1.82) is 0 Å². The molecule has 0 spiro atoms. The van der Waals surface area contributed by atoms with Gasteiger partial charge in [-0.25, -0.2) is 9.97 Å². The summed E-state index contributed by atoms with van der Waals surface area (Å²) in [5, 5.41) is 0. The maximum Gasteiger partial charge on any atom is 0.136 e. The first-order chi connectivity index (χ1) is 5.86. The molecular weight excluding hydrogens is 154 g/mol. The Hall–Kier alpha value is -1.16. The van der Waals surface area contributed by atoms with Gasteiger partial charge in [-0.2, -0.15) is 0 Å². The molecule has 0 aromatic carbocycles. The van der Waals surface area contributed by atoms with Crippen LogP contribution in [0.15, 0.2) is 12.3 Å². The topological polar surface area (TPSA) is 61.0 Å². The summed E-state index contributed by atoms with van der Waals surface area (Å²) in [6.45, 7) is 1.53. The van der Waals surface area contributed by atoms with E-state index in [-0.39, 0.29) is 0 Å². The Morgan fingerprint density at radius 3 is 3.17 bits per heavy atom. The Morgan fingerprint density at radius 2 is 2.50 bits per heavy atom. The molecule has 1 unspecified atom stereocenters. The molecule has 1 aliphatic rings. The van der Waals surface area contributed by atoms with Crippen LogP contribution in [-0.4, -0.2) is 23.2 Å². The number of anilines is 1. The van der Waals surface area contributed by atoms with Crippen LogP contribution in [-0.2, 0) is 4.74 Å². The van der Waals surface area contributed by atoms with Crippen LogP contribution in [0.3, 0.4) is 0 Å². The molecule has 1 atom stereocenters. The lowest BCUT2D eigenvalue weighted by Crippen LogP contribution is -2.05. The normalized spacial score (nSPS) is 22.8. The second kappa shape index (κ2) is 3.06. The van der Waals surface area contributed by atoms with E-state index in [1.165, 1.54) is 0 Å². The Balaban J connectivity index is 2.21. The molecule has 2 rings (SSSR count). The summed E-state index contributed by atoms with van der Waals surface area (Å²) < 4.78 is 5.23. The number of hydrogen-bond acceptors (Lipinski definition) is 4.